The molecule has 2 N–H and O–H groups in total. The summed E-state index contributed by atoms with van der Waals surface area (Å²) in [6, 6.07) is 10.6. The molecule has 13 heteroatoms. The molecule has 1 aliphatic rings. The predicted octanol–water partition coefficient (Wildman–Crippen LogP) is 3.95. The number of sulfonamides is 1. The van der Waals surface area contributed by atoms with Gasteiger partial charge in [-0.1, -0.05) is 23.7 Å². The third kappa shape index (κ3) is 5.11. The number of pyridine rings is 1. The molecule has 5 rings (SSSR count). The Kier molecular flexibility index (Phi) is 7.01. The second-order valence-electron chi connectivity index (χ2n) is 9.81. The first-order chi connectivity index (χ1) is 18.8. The van der Waals surface area contributed by atoms with Crippen LogP contribution in [-0.4, -0.2) is 28.9 Å². The number of carbonyl (C=O) groups is 1. The van der Waals surface area contributed by atoms with Crippen LogP contribution < -0.4 is 20.5 Å². The molecule has 1 amide bonds. The van der Waals surface area contributed by atoms with E-state index >= 15 is 0 Å². The molecule has 1 unspecified atom stereocenters. The zero-order valence-electron chi connectivity index (χ0n) is 22.1. The van der Waals surface area contributed by atoms with Crippen LogP contribution in [0.1, 0.15) is 42.1 Å². The van der Waals surface area contributed by atoms with Crippen molar-refractivity contribution >= 4 is 50.1 Å². The maximum atomic E-state index is 13.8. The van der Waals surface area contributed by atoms with Crippen LogP contribution in [0.4, 0.5) is 16.0 Å². The molecule has 0 saturated carbocycles. The molecule has 0 radical (unpaired) electrons. The Morgan fingerprint density at radius 3 is 2.55 bits per heavy atom. The number of halogens is 2. The van der Waals surface area contributed by atoms with Gasteiger partial charge in [-0.15, -0.1) is 0 Å². The van der Waals surface area contributed by atoms with Crippen molar-refractivity contribution in [1.82, 2.24) is 19.3 Å². The number of hydrogen-bond donors (Lipinski definition) is 2. The number of amides is 1. The Hall–Kier alpha value is -4.03. The van der Waals surface area contributed by atoms with Crippen LogP contribution in [0.15, 0.2) is 52.3 Å². The molecule has 0 aliphatic carbocycles. The van der Waals surface area contributed by atoms with Crippen LogP contribution >= 0.6 is 11.6 Å². The average Bonchev–Trinajstić information content (AvgIpc) is 3.29. The third-order valence-electron chi connectivity index (χ3n) is 6.70. The van der Waals surface area contributed by atoms with Gasteiger partial charge in [0.2, 0.25) is 16.9 Å². The van der Waals surface area contributed by atoms with Crippen molar-refractivity contribution < 1.29 is 17.6 Å². The van der Waals surface area contributed by atoms with Gasteiger partial charge in [-0.3, -0.25) is 14.2 Å². The van der Waals surface area contributed by atoms with E-state index in [2.05, 4.69) is 10.3 Å². The molecule has 0 bridgehead atoms. The molecule has 0 saturated heterocycles. The van der Waals surface area contributed by atoms with E-state index in [1.54, 1.807) is 26.1 Å². The zero-order chi connectivity index (χ0) is 28.9. The second kappa shape index (κ2) is 10.2. The highest BCUT2D eigenvalue weighted by atomic mass is 35.5. The van der Waals surface area contributed by atoms with E-state index in [-0.39, 0.29) is 22.2 Å². The van der Waals surface area contributed by atoms with Crippen molar-refractivity contribution in [1.29, 1.82) is 0 Å². The standard InChI is InChI=1S/C27H26ClFN6O4S/c1-14-9-20(15(2)30-22-7-8-23(28)31-25(22)40(38,39)33-16(3)36)24-21(10-14)26(37)34(4)27(32-24)35-12-17-5-6-19(29)11-18(17)13-35/h5-11,15,30H,12-13H2,1-4H3,(H,33,36). The van der Waals surface area contributed by atoms with Gasteiger partial charge in [0.1, 0.15) is 11.0 Å². The minimum Gasteiger partial charge on any atom is -0.376 e. The topological polar surface area (TPSA) is 126 Å². The summed E-state index contributed by atoms with van der Waals surface area (Å²) in [5, 5.41) is 3.04. The van der Waals surface area contributed by atoms with E-state index in [1.165, 1.54) is 28.8 Å². The van der Waals surface area contributed by atoms with Crippen molar-refractivity contribution in [2.45, 2.75) is 44.9 Å². The van der Waals surface area contributed by atoms with Gasteiger partial charge < -0.3 is 10.2 Å². The Morgan fingerprint density at radius 1 is 1.10 bits per heavy atom. The monoisotopic (exact) mass is 584 g/mol. The van der Waals surface area contributed by atoms with Crippen molar-refractivity contribution in [3.05, 3.63) is 86.0 Å². The number of hydrogen-bond acceptors (Lipinski definition) is 8. The number of fused-ring (bicyclic) bond motifs is 2. The lowest BCUT2D eigenvalue weighted by Gasteiger charge is -2.23. The summed E-state index contributed by atoms with van der Waals surface area (Å²) in [5.41, 5.74) is 3.55. The summed E-state index contributed by atoms with van der Waals surface area (Å²) in [6.07, 6.45) is 0. The van der Waals surface area contributed by atoms with Crippen LogP contribution in [0, 0.1) is 12.7 Å². The number of aryl methyl sites for hydroxylation is 1. The van der Waals surface area contributed by atoms with E-state index in [1.807, 2.05) is 22.6 Å². The van der Waals surface area contributed by atoms with Gasteiger partial charge in [0.15, 0.2) is 0 Å². The maximum absolute atomic E-state index is 13.8. The zero-order valence-corrected chi connectivity index (χ0v) is 23.7. The summed E-state index contributed by atoms with van der Waals surface area (Å²) in [5.74, 6) is -0.673. The Bertz CT molecular complexity index is 1860. The molecule has 10 nitrogen and oxygen atoms in total. The molecule has 1 aliphatic heterocycles. The van der Waals surface area contributed by atoms with Crippen LogP contribution in [0.2, 0.25) is 5.15 Å². The van der Waals surface area contributed by atoms with Crippen molar-refractivity contribution in [2.24, 2.45) is 7.05 Å². The molecule has 0 spiro atoms. The molecule has 40 heavy (non-hydrogen) atoms. The number of rotatable bonds is 6. The van der Waals surface area contributed by atoms with E-state index in [4.69, 9.17) is 16.6 Å². The molecule has 0 fully saturated rings. The average molecular weight is 585 g/mol. The maximum Gasteiger partial charge on any atom is 0.283 e. The van der Waals surface area contributed by atoms with E-state index < -0.39 is 27.0 Å². The summed E-state index contributed by atoms with van der Waals surface area (Å²) in [7, 11) is -2.66. The Balaban J connectivity index is 1.59. The van der Waals surface area contributed by atoms with Crippen molar-refractivity contribution in [3.8, 4) is 0 Å². The number of nitrogens with zero attached hydrogens (tertiary/aromatic N) is 4. The minimum atomic E-state index is -4.31. The van der Waals surface area contributed by atoms with Gasteiger partial charge in [0.05, 0.1) is 22.6 Å². The fourth-order valence-electron chi connectivity index (χ4n) is 4.94. The van der Waals surface area contributed by atoms with E-state index in [0.717, 1.165) is 23.6 Å². The largest absolute Gasteiger partial charge is 0.376 e. The second-order valence-corrected chi connectivity index (χ2v) is 11.8. The molecule has 3 heterocycles. The predicted molar refractivity (Wildman–Crippen MR) is 150 cm³/mol. The number of nitrogens with one attached hydrogen (secondary N) is 2. The molecule has 2 aromatic carbocycles. The summed E-state index contributed by atoms with van der Waals surface area (Å²) in [4.78, 5) is 35.8. The quantitative estimate of drug-likeness (QED) is 0.326. The number of aromatic nitrogens is 3. The lowest BCUT2D eigenvalue weighted by atomic mass is 10.0. The van der Waals surface area contributed by atoms with Gasteiger partial charge in [0.25, 0.3) is 15.6 Å². The van der Waals surface area contributed by atoms with Gasteiger partial charge in [-0.25, -0.2) is 19.1 Å². The number of anilines is 2. The van der Waals surface area contributed by atoms with Gasteiger partial charge in [-0.05, 0) is 60.9 Å². The third-order valence-corrected chi connectivity index (χ3v) is 8.29. The van der Waals surface area contributed by atoms with E-state index in [9.17, 15) is 22.4 Å². The highest BCUT2D eigenvalue weighted by Gasteiger charge is 2.27. The lowest BCUT2D eigenvalue weighted by molar-refractivity contribution is -0.117. The van der Waals surface area contributed by atoms with Crippen LogP contribution in [-0.2, 0) is 35.0 Å². The fourth-order valence-corrected chi connectivity index (χ4v) is 6.25. The smallest absolute Gasteiger partial charge is 0.283 e. The summed E-state index contributed by atoms with van der Waals surface area (Å²) < 4.78 is 42.8. The molecule has 208 valence electrons. The highest BCUT2D eigenvalue weighted by Crippen LogP contribution is 2.32. The molecular formula is C27H26ClFN6O4S. The van der Waals surface area contributed by atoms with Crippen molar-refractivity contribution in [2.75, 3.05) is 10.2 Å². The van der Waals surface area contributed by atoms with Crippen LogP contribution in [0.3, 0.4) is 0 Å². The fraction of sp³-hybridized carbons (Fsp3) is 0.259. The number of carbonyl (C=O) groups excluding carboxylic acids is 1. The molecular weight excluding hydrogens is 559 g/mol. The molecule has 2 aromatic heterocycles. The Morgan fingerprint density at radius 2 is 1.82 bits per heavy atom. The normalized spacial score (nSPS) is 13.8. The SMILES string of the molecule is CC(=O)NS(=O)(=O)c1nc(Cl)ccc1NC(C)c1cc(C)cc2c(=O)n(C)c(N3Cc4ccc(F)cc4C3)nc12. The summed E-state index contributed by atoms with van der Waals surface area (Å²) >= 11 is 5.98. The number of benzene rings is 2. The molecule has 1 atom stereocenters. The van der Waals surface area contributed by atoms with Gasteiger partial charge >= 0.3 is 0 Å². The highest BCUT2D eigenvalue weighted by molar-refractivity contribution is 7.90. The van der Waals surface area contributed by atoms with Gasteiger partial charge in [-0.2, -0.15) is 8.42 Å². The van der Waals surface area contributed by atoms with Crippen LogP contribution in [0.25, 0.3) is 10.9 Å². The van der Waals surface area contributed by atoms with E-state index in [0.29, 0.717) is 35.5 Å². The summed E-state index contributed by atoms with van der Waals surface area (Å²) in [6.45, 7) is 5.60. The first-order valence-corrected chi connectivity index (χ1v) is 14.2. The van der Waals surface area contributed by atoms with Crippen molar-refractivity contribution in [3.63, 3.8) is 0 Å². The Labute approximate surface area is 234 Å². The van der Waals surface area contributed by atoms with Gasteiger partial charge in [0, 0.05) is 32.6 Å². The minimum absolute atomic E-state index is 0.0653. The first kappa shape index (κ1) is 27.5. The first-order valence-electron chi connectivity index (χ1n) is 12.3. The lowest BCUT2D eigenvalue weighted by Crippen LogP contribution is -2.30. The van der Waals surface area contributed by atoms with Crippen LogP contribution in [0.5, 0.6) is 0 Å². The molecule has 4 aromatic rings.